The highest BCUT2D eigenvalue weighted by atomic mass is 16.5. The predicted octanol–water partition coefficient (Wildman–Crippen LogP) is 10.1. The molecule has 0 aliphatic carbocycles. The first kappa shape index (κ1) is 35.6. The van der Waals surface area contributed by atoms with Crippen LogP contribution in [0, 0.1) is 0 Å². The zero-order valence-electron chi connectivity index (χ0n) is 25.4. The summed E-state index contributed by atoms with van der Waals surface area (Å²) in [7, 11) is 4.26. The molecule has 3 nitrogen and oxygen atoms in total. The maximum Gasteiger partial charge on any atom is 0.0644 e. The van der Waals surface area contributed by atoms with Crippen molar-refractivity contribution in [1.82, 2.24) is 4.90 Å². The number of ether oxygens (including phenoxy) is 2. The molecule has 0 radical (unpaired) electrons. The van der Waals surface area contributed by atoms with Gasteiger partial charge in [0.25, 0.3) is 0 Å². The molecule has 0 rings (SSSR count). The number of nitrogens with zero attached hydrogens (tertiary/aromatic N) is 1. The maximum atomic E-state index is 5.96. The molecule has 0 aliphatic heterocycles. The van der Waals surface area contributed by atoms with Gasteiger partial charge in [0.2, 0.25) is 0 Å². The summed E-state index contributed by atoms with van der Waals surface area (Å²) in [4.78, 5) is 2.24. The van der Waals surface area contributed by atoms with Crippen LogP contribution in [-0.2, 0) is 9.47 Å². The van der Waals surface area contributed by atoms with Crippen LogP contribution in [-0.4, -0.2) is 51.5 Å². The Balaban J connectivity index is 3.31. The number of allylic oxidation sites excluding steroid dienone is 2. The number of unbranched alkanes of at least 4 members (excludes halogenated alkanes) is 19. The third kappa shape index (κ3) is 28.2. The number of rotatable bonds is 30. The Morgan fingerprint density at radius 1 is 0.472 bits per heavy atom. The van der Waals surface area contributed by atoms with E-state index in [2.05, 4.69) is 45.0 Å². The highest BCUT2D eigenvalue weighted by Crippen LogP contribution is 2.12. The molecule has 1 unspecified atom stereocenters. The number of hydrogen-bond donors (Lipinski definition) is 0. The van der Waals surface area contributed by atoms with Crippen molar-refractivity contribution >= 4 is 0 Å². The second-order valence-electron chi connectivity index (χ2n) is 11.2. The van der Waals surface area contributed by atoms with Crippen LogP contribution in [0.15, 0.2) is 12.2 Å². The van der Waals surface area contributed by atoms with Gasteiger partial charge in [0.15, 0.2) is 0 Å². The van der Waals surface area contributed by atoms with Crippen LogP contribution in [0.2, 0.25) is 0 Å². The van der Waals surface area contributed by atoms with Crippen LogP contribution < -0.4 is 0 Å². The number of likely N-dealkylation sites (N-methyl/N-ethyl adjacent to an activating group) is 1. The number of hydrogen-bond acceptors (Lipinski definition) is 3. The Kier molecular flexibility index (Phi) is 30.5. The van der Waals surface area contributed by atoms with Crippen molar-refractivity contribution < 1.29 is 9.47 Å². The van der Waals surface area contributed by atoms with E-state index in [1.807, 2.05) is 0 Å². The van der Waals surface area contributed by atoms with E-state index in [4.69, 9.17) is 9.47 Å². The summed E-state index contributed by atoms with van der Waals surface area (Å²) in [6.07, 6.45) is 34.7. The molecular weight excluding hydrogens is 442 g/mol. The van der Waals surface area contributed by atoms with Gasteiger partial charge in [0.05, 0.1) is 19.3 Å². The van der Waals surface area contributed by atoms with E-state index in [-0.39, 0.29) is 0 Å². The largest absolute Gasteiger partial charge is 0.380 e. The van der Waals surface area contributed by atoms with Gasteiger partial charge in [0, 0.05) is 13.2 Å². The highest BCUT2D eigenvalue weighted by Gasteiger charge is 2.11. The fourth-order valence-corrected chi connectivity index (χ4v) is 4.57. The first-order chi connectivity index (χ1) is 17.7. The molecule has 0 bridgehead atoms. The lowest BCUT2D eigenvalue weighted by atomic mass is 10.1. The molecule has 1 atom stereocenters. The lowest BCUT2D eigenvalue weighted by molar-refractivity contribution is 0.0198. The molecule has 0 aromatic heterocycles. The average Bonchev–Trinajstić information content (AvgIpc) is 2.87. The van der Waals surface area contributed by atoms with E-state index in [9.17, 15) is 0 Å². The third-order valence-electron chi connectivity index (χ3n) is 7.29. The minimum atomic E-state index is 0.373. The summed E-state index contributed by atoms with van der Waals surface area (Å²) in [6, 6.07) is 0.373. The van der Waals surface area contributed by atoms with Crippen LogP contribution in [0.3, 0.4) is 0 Å². The zero-order valence-corrected chi connectivity index (χ0v) is 25.4. The summed E-state index contributed by atoms with van der Waals surface area (Å²) in [5, 5.41) is 0. The van der Waals surface area contributed by atoms with E-state index < -0.39 is 0 Å². The van der Waals surface area contributed by atoms with Crippen molar-refractivity contribution in [3.05, 3.63) is 12.2 Å². The predicted molar refractivity (Wildman–Crippen MR) is 161 cm³/mol. The standard InChI is InChI=1S/C33H67NO2/c1-5-7-9-11-12-13-14-15-16-17-18-19-20-21-22-23-24-25-26-28-30-36-32-33(34(3)4)31-35-29-27-10-8-6-2/h15-16,33H,5-14,17-32H2,1-4H3. The van der Waals surface area contributed by atoms with Crippen LogP contribution >= 0.6 is 0 Å². The van der Waals surface area contributed by atoms with Crippen LogP contribution in [0.5, 0.6) is 0 Å². The van der Waals surface area contributed by atoms with Gasteiger partial charge in [0.1, 0.15) is 0 Å². The van der Waals surface area contributed by atoms with E-state index in [0.29, 0.717) is 6.04 Å². The van der Waals surface area contributed by atoms with Gasteiger partial charge in [-0.3, -0.25) is 0 Å². The van der Waals surface area contributed by atoms with Gasteiger partial charge in [-0.05, 0) is 52.6 Å². The Morgan fingerprint density at radius 3 is 1.19 bits per heavy atom. The molecule has 0 spiro atoms. The summed E-state index contributed by atoms with van der Waals surface area (Å²) in [5.74, 6) is 0. The van der Waals surface area contributed by atoms with Crippen molar-refractivity contribution in [2.75, 3.05) is 40.5 Å². The third-order valence-corrected chi connectivity index (χ3v) is 7.29. The molecule has 0 saturated heterocycles. The summed E-state index contributed by atoms with van der Waals surface area (Å²) < 4.78 is 11.8. The van der Waals surface area contributed by atoms with Crippen molar-refractivity contribution in [1.29, 1.82) is 0 Å². The fraction of sp³-hybridized carbons (Fsp3) is 0.939. The normalized spacial score (nSPS) is 12.8. The van der Waals surface area contributed by atoms with E-state index in [0.717, 1.165) is 26.4 Å². The SMILES string of the molecule is CCCCCCCCC=CCCCCCCCCCCCCOCC(COCCCCCC)N(C)C. The molecule has 36 heavy (non-hydrogen) atoms. The van der Waals surface area contributed by atoms with Crippen molar-refractivity contribution in [2.24, 2.45) is 0 Å². The minimum Gasteiger partial charge on any atom is -0.380 e. The lowest BCUT2D eigenvalue weighted by Gasteiger charge is -2.24. The van der Waals surface area contributed by atoms with Crippen LogP contribution in [0.1, 0.15) is 155 Å². The molecule has 0 aliphatic rings. The second-order valence-corrected chi connectivity index (χ2v) is 11.2. The quantitative estimate of drug-likeness (QED) is 0.0710. The molecule has 0 aromatic rings. The van der Waals surface area contributed by atoms with E-state index in [1.165, 1.54) is 141 Å². The van der Waals surface area contributed by atoms with Crippen molar-refractivity contribution in [3.8, 4) is 0 Å². The second kappa shape index (κ2) is 30.8. The minimum absolute atomic E-state index is 0.373. The van der Waals surface area contributed by atoms with E-state index in [1.54, 1.807) is 0 Å². The monoisotopic (exact) mass is 510 g/mol. The molecule has 3 heteroatoms. The van der Waals surface area contributed by atoms with Crippen LogP contribution in [0.25, 0.3) is 0 Å². The van der Waals surface area contributed by atoms with Gasteiger partial charge in [-0.1, -0.05) is 129 Å². The zero-order chi connectivity index (χ0) is 26.4. The molecule has 0 amide bonds. The maximum absolute atomic E-state index is 5.96. The molecular formula is C33H67NO2. The van der Waals surface area contributed by atoms with Gasteiger partial charge in [-0.25, -0.2) is 0 Å². The average molecular weight is 510 g/mol. The topological polar surface area (TPSA) is 21.7 Å². The Hall–Kier alpha value is -0.380. The lowest BCUT2D eigenvalue weighted by Crippen LogP contribution is -2.37. The highest BCUT2D eigenvalue weighted by molar-refractivity contribution is 4.81. The summed E-state index contributed by atoms with van der Waals surface area (Å²) in [5.41, 5.74) is 0. The van der Waals surface area contributed by atoms with Crippen molar-refractivity contribution in [3.63, 3.8) is 0 Å². The Labute approximate surface area is 228 Å². The van der Waals surface area contributed by atoms with Crippen molar-refractivity contribution in [2.45, 2.75) is 161 Å². The summed E-state index contributed by atoms with van der Waals surface area (Å²) in [6.45, 7) is 7.90. The Morgan fingerprint density at radius 2 is 0.806 bits per heavy atom. The van der Waals surface area contributed by atoms with Gasteiger partial charge < -0.3 is 14.4 Å². The van der Waals surface area contributed by atoms with Gasteiger partial charge >= 0.3 is 0 Å². The fourth-order valence-electron chi connectivity index (χ4n) is 4.57. The molecule has 0 heterocycles. The summed E-state index contributed by atoms with van der Waals surface area (Å²) >= 11 is 0. The van der Waals surface area contributed by atoms with Gasteiger partial charge in [-0.15, -0.1) is 0 Å². The van der Waals surface area contributed by atoms with E-state index >= 15 is 0 Å². The first-order valence-corrected chi connectivity index (χ1v) is 16.2. The van der Waals surface area contributed by atoms with Gasteiger partial charge in [-0.2, -0.15) is 0 Å². The van der Waals surface area contributed by atoms with Crippen LogP contribution in [0.4, 0.5) is 0 Å². The molecule has 216 valence electrons. The Bertz CT molecular complexity index is 424. The molecule has 0 saturated carbocycles. The molecule has 0 N–H and O–H groups in total. The molecule has 0 aromatic carbocycles. The smallest absolute Gasteiger partial charge is 0.0644 e. The first-order valence-electron chi connectivity index (χ1n) is 16.2. The molecule has 0 fully saturated rings.